The smallest absolute Gasteiger partial charge is 0.204 e. The first-order chi connectivity index (χ1) is 8.15. The van der Waals surface area contributed by atoms with E-state index in [9.17, 15) is 10.2 Å². The van der Waals surface area contributed by atoms with E-state index in [0.29, 0.717) is 6.42 Å². The van der Waals surface area contributed by atoms with Gasteiger partial charge in [0, 0.05) is 5.92 Å². The molecule has 1 aromatic rings. The molecule has 4 nitrogen and oxygen atoms in total. The lowest BCUT2D eigenvalue weighted by molar-refractivity contribution is -0.106. The number of carbonyl (C=O) groups excluding carboxylic acids is 1. The van der Waals surface area contributed by atoms with Crippen LogP contribution in [0.5, 0.6) is 0 Å². The molecule has 2 rings (SSSR count). The summed E-state index contributed by atoms with van der Waals surface area (Å²) in [4.78, 5) is 8.58. The minimum absolute atomic E-state index is 0.0418. The van der Waals surface area contributed by atoms with Gasteiger partial charge < -0.3 is 15.9 Å². The van der Waals surface area contributed by atoms with E-state index in [0.717, 1.165) is 11.1 Å². The fourth-order valence-corrected chi connectivity index (χ4v) is 2.05. The second kappa shape index (κ2) is 6.18. The number of aliphatic hydroxyl groups excluding tert-OH is 2. The molecule has 0 saturated carbocycles. The second-order valence-electron chi connectivity index (χ2n) is 3.86. The van der Waals surface area contributed by atoms with Crippen LogP contribution in [0.2, 0.25) is 0 Å². The predicted octanol–water partition coefficient (Wildman–Crippen LogP) is 1.06. The van der Waals surface area contributed by atoms with Gasteiger partial charge in [-0.05, 0) is 17.5 Å². The van der Waals surface area contributed by atoms with Crippen molar-refractivity contribution in [2.75, 3.05) is 0 Å². The number of nitrogens with two attached hydrogens (primary N) is 1. The first-order valence-electron chi connectivity index (χ1n) is 5.38. The molecule has 4 N–H and O–H groups in total. The fourth-order valence-electron chi connectivity index (χ4n) is 2.05. The van der Waals surface area contributed by atoms with Gasteiger partial charge in [0.1, 0.15) is 0 Å². The second-order valence-corrected chi connectivity index (χ2v) is 3.86. The summed E-state index contributed by atoms with van der Waals surface area (Å²) in [5, 5.41) is 19.8. The van der Waals surface area contributed by atoms with Crippen molar-refractivity contribution in [2.24, 2.45) is 11.7 Å². The minimum Gasteiger partial charge on any atom is -0.388 e. The van der Waals surface area contributed by atoms with Crippen molar-refractivity contribution in [2.45, 2.75) is 18.6 Å². The summed E-state index contributed by atoms with van der Waals surface area (Å²) in [5.74, 6) is -0.0418. The van der Waals surface area contributed by atoms with Gasteiger partial charge in [-0.25, -0.2) is 0 Å². The van der Waals surface area contributed by atoms with Crippen molar-refractivity contribution in [3.05, 3.63) is 48.0 Å². The average molecular weight is 235 g/mol. The summed E-state index contributed by atoms with van der Waals surface area (Å²) in [6.45, 7) is 3.67. The van der Waals surface area contributed by atoms with Crippen molar-refractivity contribution in [3.8, 4) is 0 Å². The molecule has 1 aromatic carbocycles. The third-order valence-electron chi connectivity index (χ3n) is 2.88. The Kier molecular flexibility index (Phi) is 4.87. The van der Waals surface area contributed by atoms with Crippen LogP contribution in [0.1, 0.15) is 29.8 Å². The van der Waals surface area contributed by atoms with E-state index in [4.69, 9.17) is 4.79 Å². The first-order valence-corrected chi connectivity index (χ1v) is 5.38. The van der Waals surface area contributed by atoms with E-state index < -0.39 is 12.2 Å². The topological polar surface area (TPSA) is 83.6 Å². The van der Waals surface area contributed by atoms with Gasteiger partial charge >= 0.3 is 0 Å². The Bertz CT molecular complexity index is 392. The van der Waals surface area contributed by atoms with Crippen LogP contribution < -0.4 is 5.73 Å². The molecule has 0 radical (unpaired) electrons. The van der Waals surface area contributed by atoms with Gasteiger partial charge in [0.15, 0.2) is 0 Å². The molecule has 1 aliphatic rings. The Balaban J connectivity index is 0.000000437. The molecular weight excluding hydrogens is 218 g/mol. The Morgan fingerprint density at radius 3 is 2.35 bits per heavy atom. The highest BCUT2D eigenvalue weighted by Gasteiger charge is 2.30. The Morgan fingerprint density at radius 1 is 1.29 bits per heavy atom. The summed E-state index contributed by atoms with van der Waals surface area (Å²) in [6.07, 6.45) is 1.52. The lowest BCUT2D eigenvalue weighted by atomic mass is 9.80. The van der Waals surface area contributed by atoms with Crippen LogP contribution >= 0.6 is 0 Å². The largest absolute Gasteiger partial charge is 0.388 e. The number of amides is 1. The SMILES string of the molecule is C=CC1CC(O)c2ccccc2C1O.NC=O. The quantitative estimate of drug-likeness (QED) is 0.502. The van der Waals surface area contributed by atoms with Crippen LogP contribution in [0.25, 0.3) is 0 Å². The molecule has 0 spiro atoms. The van der Waals surface area contributed by atoms with Gasteiger partial charge in [0.25, 0.3) is 0 Å². The highest BCUT2D eigenvalue weighted by molar-refractivity contribution is 5.42. The summed E-state index contributed by atoms with van der Waals surface area (Å²) in [7, 11) is 0. The fraction of sp³-hybridized carbons (Fsp3) is 0.308. The Hall–Kier alpha value is -1.65. The predicted molar refractivity (Wildman–Crippen MR) is 64.9 cm³/mol. The summed E-state index contributed by atoms with van der Waals surface area (Å²) in [6, 6.07) is 7.48. The number of carbonyl (C=O) groups is 1. The van der Waals surface area contributed by atoms with Gasteiger partial charge in [-0.2, -0.15) is 0 Å². The zero-order chi connectivity index (χ0) is 12.8. The van der Waals surface area contributed by atoms with Crippen LogP contribution in [0.15, 0.2) is 36.9 Å². The third-order valence-corrected chi connectivity index (χ3v) is 2.88. The Labute approximate surface area is 100 Å². The van der Waals surface area contributed by atoms with E-state index in [1.807, 2.05) is 24.3 Å². The number of hydrogen-bond donors (Lipinski definition) is 3. The van der Waals surface area contributed by atoms with E-state index in [2.05, 4.69) is 12.3 Å². The van der Waals surface area contributed by atoms with Gasteiger partial charge in [0.05, 0.1) is 12.2 Å². The molecule has 0 heterocycles. The Morgan fingerprint density at radius 2 is 1.82 bits per heavy atom. The summed E-state index contributed by atoms with van der Waals surface area (Å²) in [5.41, 5.74) is 5.84. The molecule has 17 heavy (non-hydrogen) atoms. The molecule has 1 amide bonds. The van der Waals surface area contributed by atoms with Crippen molar-refractivity contribution in [1.82, 2.24) is 0 Å². The molecule has 0 aromatic heterocycles. The average Bonchev–Trinajstić information content (AvgIpc) is 2.35. The maximum absolute atomic E-state index is 9.96. The van der Waals surface area contributed by atoms with E-state index in [1.165, 1.54) is 0 Å². The van der Waals surface area contributed by atoms with E-state index in [1.54, 1.807) is 6.08 Å². The van der Waals surface area contributed by atoms with Crippen LogP contribution in [0.3, 0.4) is 0 Å². The van der Waals surface area contributed by atoms with Gasteiger partial charge in [-0.3, -0.25) is 4.79 Å². The normalized spacial score (nSPS) is 26.1. The number of benzene rings is 1. The van der Waals surface area contributed by atoms with E-state index >= 15 is 0 Å². The molecule has 3 atom stereocenters. The van der Waals surface area contributed by atoms with Crippen molar-refractivity contribution in [3.63, 3.8) is 0 Å². The van der Waals surface area contributed by atoms with Gasteiger partial charge in [-0.1, -0.05) is 30.3 Å². The maximum atomic E-state index is 9.96. The number of hydrogen-bond acceptors (Lipinski definition) is 3. The number of aliphatic hydroxyl groups is 2. The molecule has 0 saturated heterocycles. The molecule has 3 unspecified atom stereocenters. The van der Waals surface area contributed by atoms with Crippen molar-refractivity contribution < 1.29 is 15.0 Å². The number of primary amides is 1. The van der Waals surface area contributed by atoms with Crippen molar-refractivity contribution >= 4 is 6.41 Å². The standard InChI is InChI=1S/C12H14O2.CH3NO/c1-2-8-7-11(13)9-5-3-4-6-10(9)12(8)14;2-1-3/h2-6,8,11-14H,1,7H2;1H,(H2,2,3). The maximum Gasteiger partial charge on any atom is 0.204 e. The molecule has 0 fully saturated rings. The van der Waals surface area contributed by atoms with Crippen LogP contribution in [0.4, 0.5) is 0 Å². The highest BCUT2D eigenvalue weighted by Crippen LogP contribution is 2.40. The molecule has 92 valence electrons. The van der Waals surface area contributed by atoms with Crippen molar-refractivity contribution in [1.29, 1.82) is 0 Å². The first kappa shape index (κ1) is 13.4. The molecule has 0 aliphatic heterocycles. The zero-order valence-electron chi connectivity index (χ0n) is 9.49. The monoisotopic (exact) mass is 235 g/mol. The zero-order valence-corrected chi connectivity index (χ0v) is 9.49. The molecule has 4 heteroatoms. The minimum atomic E-state index is -0.521. The highest BCUT2D eigenvalue weighted by atomic mass is 16.3. The summed E-state index contributed by atoms with van der Waals surface area (Å²) >= 11 is 0. The van der Waals surface area contributed by atoms with Gasteiger partial charge in [0.2, 0.25) is 6.41 Å². The van der Waals surface area contributed by atoms with Crippen LogP contribution in [0, 0.1) is 5.92 Å². The number of rotatable bonds is 1. The molecule has 1 aliphatic carbocycles. The molecular formula is C13H17NO3. The van der Waals surface area contributed by atoms with E-state index in [-0.39, 0.29) is 12.3 Å². The lowest BCUT2D eigenvalue weighted by Gasteiger charge is -2.31. The van der Waals surface area contributed by atoms with Gasteiger partial charge in [-0.15, -0.1) is 6.58 Å². The van der Waals surface area contributed by atoms with Crippen LogP contribution in [-0.2, 0) is 4.79 Å². The summed E-state index contributed by atoms with van der Waals surface area (Å²) < 4.78 is 0. The molecule has 0 bridgehead atoms. The third kappa shape index (κ3) is 2.93. The number of fused-ring (bicyclic) bond motifs is 1. The lowest BCUT2D eigenvalue weighted by Crippen LogP contribution is -2.22. The van der Waals surface area contributed by atoms with Crippen LogP contribution in [-0.4, -0.2) is 16.6 Å².